The Morgan fingerprint density at radius 2 is 1.95 bits per heavy atom. The maximum absolute atomic E-state index is 12.2. The van der Waals surface area contributed by atoms with Gasteiger partial charge in [-0.25, -0.2) is 4.79 Å². The normalized spacial score (nSPS) is 15.4. The second kappa shape index (κ2) is 8.02. The highest BCUT2D eigenvalue weighted by Crippen LogP contribution is 2.24. The molecule has 2 N–H and O–H groups in total. The van der Waals surface area contributed by atoms with Gasteiger partial charge in [-0.3, -0.25) is 0 Å². The van der Waals surface area contributed by atoms with Crippen molar-refractivity contribution in [1.29, 1.82) is 0 Å². The summed E-state index contributed by atoms with van der Waals surface area (Å²) in [5.41, 5.74) is 5.93. The second-order valence-electron chi connectivity index (χ2n) is 4.90. The molecule has 2 unspecified atom stereocenters. The van der Waals surface area contributed by atoms with Crippen LogP contribution in [0.1, 0.15) is 39.2 Å². The Labute approximate surface area is 121 Å². The molecule has 4 nitrogen and oxygen atoms in total. The van der Waals surface area contributed by atoms with E-state index in [9.17, 15) is 4.79 Å². The largest absolute Gasteiger partial charge is 0.464 e. The van der Waals surface area contributed by atoms with E-state index in [2.05, 4.69) is 6.92 Å². The van der Waals surface area contributed by atoms with Crippen molar-refractivity contribution < 1.29 is 14.3 Å². The fourth-order valence-corrected chi connectivity index (χ4v) is 1.90. The molecule has 0 aliphatic rings. The topological polar surface area (TPSA) is 61.5 Å². The molecule has 0 aliphatic heterocycles. The molecule has 0 amide bonds. The van der Waals surface area contributed by atoms with Gasteiger partial charge in [-0.1, -0.05) is 37.3 Å². The summed E-state index contributed by atoms with van der Waals surface area (Å²) in [5, 5.41) is 0. The lowest BCUT2D eigenvalue weighted by atomic mass is 9.88. The highest BCUT2D eigenvalue weighted by molar-refractivity contribution is 5.82. The van der Waals surface area contributed by atoms with Gasteiger partial charge in [0.2, 0.25) is 0 Å². The molecule has 0 saturated heterocycles. The molecule has 1 aromatic rings. The standard InChI is InChI=1S/C16H25NO3/c1-4-13(3)20-12-11-16(17,15(18)19-5-2)14-9-7-6-8-10-14/h6-10,13H,4-5,11-12,17H2,1-3H3. The molecule has 2 atom stereocenters. The zero-order valence-electron chi connectivity index (χ0n) is 12.6. The van der Waals surface area contributed by atoms with Crippen molar-refractivity contribution in [3.63, 3.8) is 0 Å². The van der Waals surface area contributed by atoms with E-state index in [-0.39, 0.29) is 6.10 Å². The molecular weight excluding hydrogens is 254 g/mol. The first-order valence-corrected chi connectivity index (χ1v) is 7.17. The van der Waals surface area contributed by atoms with Crippen molar-refractivity contribution in [3.8, 4) is 0 Å². The predicted molar refractivity (Wildman–Crippen MR) is 79.3 cm³/mol. The molecule has 1 rings (SSSR count). The summed E-state index contributed by atoms with van der Waals surface area (Å²) in [6.45, 7) is 6.59. The van der Waals surface area contributed by atoms with E-state index < -0.39 is 11.5 Å². The van der Waals surface area contributed by atoms with Gasteiger partial charge in [0.15, 0.2) is 0 Å². The van der Waals surface area contributed by atoms with Gasteiger partial charge in [0.1, 0.15) is 5.54 Å². The molecule has 0 bridgehead atoms. The Kier molecular flexibility index (Phi) is 6.68. The van der Waals surface area contributed by atoms with Gasteiger partial charge in [0, 0.05) is 13.0 Å². The SMILES string of the molecule is CCOC(=O)C(N)(CCOC(C)CC)c1ccccc1. The monoisotopic (exact) mass is 279 g/mol. The fraction of sp³-hybridized carbons (Fsp3) is 0.562. The molecule has 4 heteroatoms. The third-order valence-electron chi connectivity index (χ3n) is 3.40. The van der Waals surface area contributed by atoms with Crippen molar-refractivity contribution in [2.24, 2.45) is 5.73 Å². The number of carbonyl (C=O) groups is 1. The van der Waals surface area contributed by atoms with Crippen LogP contribution in [0.2, 0.25) is 0 Å². The summed E-state index contributed by atoms with van der Waals surface area (Å²) in [6.07, 6.45) is 1.50. The number of ether oxygens (including phenoxy) is 2. The maximum atomic E-state index is 12.2. The van der Waals surface area contributed by atoms with E-state index in [1.54, 1.807) is 6.92 Å². The molecule has 0 aromatic heterocycles. The van der Waals surface area contributed by atoms with Crippen LogP contribution in [0, 0.1) is 0 Å². The summed E-state index contributed by atoms with van der Waals surface area (Å²) in [7, 11) is 0. The molecular formula is C16H25NO3. The van der Waals surface area contributed by atoms with Crippen LogP contribution >= 0.6 is 0 Å². The average molecular weight is 279 g/mol. The average Bonchev–Trinajstić information content (AvgIpc) is 2.47. The van der Waals surface area contributed by atoms with Crippen molar-refractivity contribution in [3.05, 3.63) is 35.9 Å². The van der Waals surface area contributed by atoms with Crippen LogP contribution in [0.3, 0.4) is 0 Å². The molecule has 0 heterocycles. The zero-order valence-corrected chi connectivity index (χ0v) is 12.6. The second-order valence-corrected chi connectivity index (χ2v) is 4.90. The molecule has 0 radical (unpaired) electrons. The Bertz CT molecular complexity index is 407. The number of nitrogens with two attached hydrogens (primary N) is 1. The Morgan fingerprint density at radius 1 is 1.30 bits per heavy atom. The van der Waals surface area contributed by atoms with Gasteiger partial charge >= 0.3 is 5.97 Å². The molecule has 112 valence electrons. The van der Waals surface area contributed by atoms with Gasteiger partial charge in [0.25, 0.3) is 0 Å². The van der Waals surface area contributed by atoms with E-state index >= 15 is 0 Å². The minimum absolute atomic E-state index is 0.164. The highest BCUT2D eigenvalue weighted by Gasteiger charge is 2.37. The number of carbonyl (C=O) groups excluding carboxylic acids is 1. The van der Waals surface area contributed by atoms with Crippen LogP contribution in [0.5, 0.6) is 0 Å². The summed E-state index contributed by atoms with van der Waals surface area (Å²) in [5.74, 6) is -0.404. The van der Waals surface area contributed by atoms with Gasteiger partial charge in [0.05, 0.1) is 12.7 Å². The number of hydrogen-bond acceptors (Lipinski definition) is 4. The molecule has 0 fully saturated rings. The van der Waals surface area contributed by atoms with Crippen LogP contribution < -0.4 is 5.73 Å². The first-order chi connectivity index (χ1) is 9.54. The summed E-state index contributed by atoms with van der Waals surface area (Å²) >= 11 is 0. The molecule has 1 aromatic carbocycles. The van der Waals surface area contributed by atoms with Crippen LogP contribution in [-0.2, 0) is 19.8 Å². The van der Waals surface area contributed by atoms with Crippen LogP contribution in [0.25, 0.3) is 0 Å². The van der Waals surface area contributed by atoms with Gasteiger partial charge in [-0.2, -0.15) is 0 Å². The van der Waals surface area contributed by atoms with E-state index in [0.717, 1.165) is 12.0 Å². The quantitative estimate of drug-likeness (QED) is 0.743. The summed E-state index contributed by atoms with van der Waals surface area (Å²) in [6, 6.07) is 9.32. The smallest absolute Gasteiger partial charge is 0.330 e. The van der Waals surface area contributed by atoms with E-state index in [1.165, 1.54) is 0 Å². The van der Waals surface area contributed by atoms with Gasteiger partial charge < -0.3 is 15.2 Å². The van der Waals surface area contributed by atoms with E-state index in [4.69, 9.17) is 15.2 Å². The van der Waals surface area contributed by atoms with Crippen molar-refractivity contribution in [1.82, 2.24) is 0 Å². The van der Waals surface area contributed by atoms with E-state index in [1.807, 2.05) is 37.3 Å². The summed E-state index contributed by atoms with van der Waals surface area (Å²) < 4.78 is 10.8. The van der Waals surface area contributed by atoms with Crippen molar-refractivity contribution >= 4 is 5.97 Å². The van der Waals surface area contributed by atoms with Crippen LogP contribution in [-0.4, -0.2) is 25.3 Å². The van der Waals surface area contributed by atoms with Crippen molar-refractivity contribution in [2.45, 2.75) is 45.3 Å². The lowest BCUT2D eigenvalue weighted by molar-refractivity contribution is -0.151. The molecule has 0 spiro atoms. The minimum atomic E-state index is -1.15. The first kappa shape index (κ1) is 16.7. The maximum Gasteiger partial charge on any atom is 0.330 e. The Hall–Kier alpha value is -1.39. The zero-order chi connectivity index (χ0) is 15.0. The van der Waals surface area contributed by atoms with Crippen molar-refractivity contribution in [2.75, 3.05) is 13.2 Å². The first-order valence-electron chi connectivity index (χ1n) is 7.17. The molecule has 0 aliphatic carbocycles. The minimum Gasteiger partial charge on any atom is -0.464 e. The number of rotatable bonds is 8. The van der Waals surface area contributed by atoms with Crippen LogP contribution in [0.4, 0.5) is 0 Å². The third-order valence-corrected chi connectivity index (χ3v) is 3.40. The number of esters is 1. The number of benzene rings is 1. The van der Waals surface area contributed by atoms with Crippen LogP contribution in [0.15, 0.2) is 30.3 Å². The Balaban J connectivity index is 2.82. The highest BCUT2D eigenvalue weighted by atomic mass is 16.5. The molecule has 0 saturated carbocycles. The summed E-state index contributed by atoms with van der Waals surface area (Å²) in [4.78, 5) is 12.2. The molecule has 20 heavy (non-hydrogen) atoms. The van der Waals surface area contributed by atoms with E-state index in [0.29, 0.717) is 19.6 Å². The number of hydrogen-bond donors (Lipinski definition) is 1. The van der Waals surface area contributed by atoms with Gasteiger partial charge in [-0.15, -0.1) is 0 Å². The fourth-order valence-electron chi connectivity index (χ4n) is 1.90. The lowest BCUT2D eigenvalue weighted by Gasteiger charge is -2.28. The van der Waals surface area contributed by atoms with Gasteiger partial charge in [-0.05, 0) is 25.8 Å². The predicted octanol–water partition coefficient (Wildman–Crippen LogP) is 2.61. The Morgan fingerprint density at radius 3 is 2.50 bits per heavy atom. The lowest BCUT2D eigenvalue weighted by Crippen LogP contribution is -2.47. The third kappa shape index (κ3) is 4.32.